The van der Waals surface area contributed by atoms with Gasteiger partial charge in [0.25, 0.3) is 5.91 Å². The summed E-state index contributed by atoms with van der Waals surface area (Å²) in [6.07, 6.45) is 4.82. The number of hydrogen-bond donors (Lipinski definition) is 2. The van der Waals surface area contributed by atoms with Crippen LogP contribution in [0.1, 0.15) is 67.5 Å². The summed E-state index contributed by atoms with van der Waals surface area (Å²) in [5.41, 5.74) is 2.40. The maximum absolute atomic E-state index is 12.8. The van der Waals surface area contributed by atoms with Gasteiger partial charge in [0.1, 0.15) is 10.7 Å². The molecule has 3 amide bonds. The minimum Gasteiger partial charge on any atom is -0.351 e. The maximum atomic E-state index is 12.8. The number of aryl methyl sites for hydroxylation is 1. The molecule has 0 aliphatic carbocycles. The highest BCUT2D eigenvalue weighted by molar-refractivity contribution is 7.09. The normalized spacial score (nSPS) is 10.6. The van der Waals surface area contributed by atoms with Crippen LogP contribution in [0.5, 0.6) is 0 Å². The summed E-state index contributed by atoms with van der Waals surface area (Å²) in [6.45, 7) is 7.97. The van der Waals surface area contributed by atoms with Gasteiger partial charge < -0.3 is 15.5 Å². The van der Waals surface area contributed by atoms with E-state index < -0.39 is 0 Å². The number of carbonyl (C=O) groups is 2. The summed E-state index contributed by atoms with van der Waals surface area (Å²) in [5, 5.41) is 8.40. The monoisotopic (exact) mass is 416 g/mol. The Labute approximate surface area is 177 Å². The standard InChI is InChI=1S/C22H32N4O2S/c1-4-7-12-23-21(27)19-16-29-20(25-19)15-26(13-8-5-2)22(28)24-18-11-9-10-17(6-3)14-18/h9-11,14,16H,4-8,12-13,15H2,1-3H3,(H,23,27)(H,24,28). The van der Waals surface area contributed by atoms with Gasteiger partial charge in [-0.2, -0.15) is 0 Å². The van der Waals surface area contributed by atoms with Crippen LogP contribution in [0, 0.1) is 0 Å². The molecular formula is C22H32N4O2S. The average molecular weight is 417 g/mol. The second-order valence-electron chi connectivity index (χ2n) is 7.00. The number of nitrogens with zero attached hydrogens (tertiary/aromatic N) is 2. The second kappa shape index (κ2) is 12.2. The van der Waals surface area contributed by atoms with Gasteiger partial charge in [-0.3, -0.25) is 4.79 Å². The quantitative estimate of drug-likeness (QED) is 0.502. The first-order valence-corrected chi connectivity index (χ1v) is 11.3. The number of benzene rings is 1. The van der Waals surface area contributed by atoms with E-state index >= 15 is 0 Å². The van der Waals surface area contributed by atoms with E-state index in [0.29, 0.717) is 25.3 Å². The largest absolute Gasteiger partial charge is 0.351 e. The molecule has 0 bridgehead atoms. The highest BCUT2D eigenvalue weighted by atomic mass is 32.1. The topological polar surface area (TPSA) is 74.3 Å². The molecule has 0 aliphatic heterocycles. The molecule has 1 heterocycles. The number of urea groups is 1. The molecule has 6 nitrogen and oxygen atoms in total. The average Bonchev–Trinajstić information content (AvgIpc) is 3.20. The van der Waals surface area contributed by atoms with E-state index in [-0.39, 0.29) is 11.9 Å². The molecule has 0 aliphatic rings. The minimum atomic E-state index is -0.151. The van der Waals surface area contributed by atoms with E-state index in [2.05, 4.69) is 36.4 Å². The zero-order valence-electron chi connectivity index (χ0n) is 17.7. The van der Waals surface area contributed by atoms with Gasteiger partial charge in [0, 0.05) is 24.2 Å². The Morgan fingerprint density at radius 1 is 1.14 bits per heavy atom. The van der Waals surface area contributed by atoms with E-state index in [1.54, 1.807) is 10.3 Å². The van der Waals surface area contributed by atoms with Gasteiger partial charge in [-0.1, -0.05) is 45.7 Å². The van der Waals surface area contributed by atoms with Crippen molar-refractivity contribution >= 4 is 29.0 Å². The number of nitrogens with one attached hydrogen (secondary N) is 2. The van der Waals surface area contributed by atoms with E-state index in [9.17, 15) is 9.59 Å². The first-order valence-electron chi connectivity index (χ1n) is 10.4. The predicted octanol–water partition coefficient (Wildman–Crippen LogP) is 5.07. The van der Waals surface area contributed by atoms with Crippen LogP contribution in [0.15, 0.2) is 29.6 Å². The molecule has 0 saturated carbocycles. The second-order valence-corrected chi connectivity index (χ2v) is 7.94. The molecule has 0 spiro atoms. The van der Waals surface area contributed by atoms with Crippen molar-refractivity contribution in [2.45, 2.75) is 59.4 Å². The Bertz CT molecular complexity index is 791. The number of aromatic nitrogens is 1. The summed E-state index contributed by atoms with van der Waals surface area (Å²) in [4.78, 5) is 31.2. The molecule has 0 saturated heterocycles. The molecule has 2 rings (SSSR count). The first kappa shape index (κ1) is 22.9. The Morgan fingerprint density at radius 2 is 1.93 bits per heavy atom. The predicted molar refractivity (Wildman–Crippen MR) is 120 cm³/mol. The fourth-order valence-electron chi connectivity index (χ4n) is 2.79. The third-order valence-corrected chi connectivity index (χ3v) is 5.42. The van der Waals surface area contributed by atoms with Crippen LogP contribution in [0.3, 0.4) is 0 Å². The van der Waals surface area contributed by atoms with Crippen molar-refractivity contribution in [1.82, 2.24) is 15.2 Å². The lowest BCUT2D eigenvalue weighted by Crippen LogP contribution is -2.35. The molecule has 158 valence electrons. The third-order valence-electron chi connectivity index (χ3n) is 4.58. The molecule has 2 N–H and O–H groups in total. The highest BCUT2D eigenvalue weighted by Gasteiger charge is 2.17. The zero-order valence-corrected chi connectivity index (χ0v) is 18.5. The van der Waals surface area contributed by atoms with Gasteiger partial charge in [0.05, 0.1) is 6.54 Å². The van der Waals surface area contributed by atoms with Crippen LogP contribution >= 0.6 is 11.3 Å². The molecule has 0 fully saturated rings. The van der Waals surface area contributed by atoms with Gasteiger partial charge in [0.15, 0.2) is 0 Å². The smallest absolute Gasteiger partial charge is 0.322 e. The number of hydrogen-bond acceptors (Lipinski definition) is 4. The molecule has 1 aromatic heterocycles. The lowest BCUT2D eigenvalue weighted by Gasteiger charge is -2.22. The Hall–Kier alpha value is -2.41. The molecule has 1 aromatic carbocycles. The van der Waals surface area contributed by atoms with Crippen LogP contribution in [0.2, 0.25) is 0 Å². The SMILES string of the molecule is CCCCNC(=O)c1csc(CN(CCCC)C(=O)Nc2cccc(CC)c2)n1. The zero-order chi connectivity index (χ0) is 21.1. The molecule has 0 atom stereocenters. The Kier molecular flexibility index (Phi) is 9.64. The minimum absolute atomic E-state index is 0.143. The summed E-state index contributed by atoms with van der Waals surface area (Å²) < 4.78 is 0. The van der Waals surface area contributed by atoms with Crippen LogP contribution in [-0.4, -0.2) is 34.9 Å². The van der Waals surface area contributed by atoms with E-state index in [4.69, 9.17) is 0 Å². The third kappa shape index (κ3) is 7.49. The van der Waals surface area contributed by atoms with E-state index in [1.807, 2.05) is 24.3 Å². The van der Waals surface area contributed by atoms with Gasteiger partial charge in [-0.05, 0) is 37.0 Å². The lowest BCUT2D eigenvalue weighted by molar-refractivity contribution is 0.0948. The van der Waals surface area contributed by atoms with Crippen molar-refractivity contribution in [1.29, 1.82) is 0 Å². The summed E-state index contributed by atoms with van der Waals surface area (Å²) >= 11 is 1.42. The number of anilines is 1. The van der Waals surface area contributed by atoms with Gasteiger partial charge in [-0.25, -0.2) is 9.78 Å². The Morgan fingerprint density at radius 3 is 2.66 bits per heavy atom. The van der Waals surface area contributed by atoms with Gasteiger partial charge in [-0.15, -0.1) is 11.3 Å². The molecule has 2 aromatic rings. The molecule has 0 radical (unpaired) electrons. The van der Waals surface area contributed by atoms with Crippen molar-refractivity contribution in [3.63, 3.8) is 0 Å². The van der Waals surface area contributed by atoms with Crippen molar-refractivity contribution in [2.24, 2.45) is 0 Å². The van der Waals surface area contributed by atoms with Crippen LogP contribution in [0.4, 0.5) is 10.5 Å². The first-order chi connectivity index (χ1) is 14.1. The summed E-state index contributed by atoms with van der Waals surface area (Å²) in [6, 6.07) is 7.76. The van der Waals surface area contributed by atoms with Crippen molar-refractivity contribution in [3.8, 4) is 0 Å². The number of amides is 3. The molecular weight excluding hydrogens is 384 g/mol. The summed E-state index contributed by atoms with van der Waals surface area (Å²) in [7, 11) is 0. The van der Waals surface area contributed by atoms with Crippen molar-refractivity contribution in [3.05, 3.63) is 45.9 Å². The van der Waals surface area contributed by atoms with Crippen molar-refractivity contribution < 1.29 is 9.59 Å². The highest BCUT2D eigenvalue weighted by Crippen LogP contribution is 2.16. The van der Waals surface area contributed by atoms with Gasteiger partial charge >= 0.3 is 6.03 Å². The van der Waals surface area contributed by atoms with Gasteiger partial charge in [0.2, 0.25) is 0 Å². The number of rotatable bonds is 11. The van der Waals surface area contributed by atoms with Crippen molar-refractivity contribution in [2.75, 3.05) is 18.4 Å². The Balaban J connectivity index is 2.02. The van der Waals surface area contributed by atoms with Crippen LogP contribution < -0.4 is 10.6 Å². The fourth-order valence-corrected chi connectivity index (χ4v) is 3.58. The van der Waals surface area contributed by atoms with Crippen LogP contribution in [0.25, 0.3) is 0 Å². The maximum Gasteiger partial charge on any atom is 0.322 e. The molecule has 7 heteroatoms. The number of carbonyl (C=O) groups excluding carboxylic acids is 2. The van der Waals surface area contributed by atoms with E-state index in [1.165, 1.54) is 16.9 Å². The number of unbranched alkanes of at least 4 members (excludes halogenated alkanes) is 2. The lowest BCUT2D eigenvalue weighted by atomic mass is 10.1. The van der Waals surface area contributed by atoms with Crippen LogP contribution in [-0.2, 0) is 13.0 Å². The summed E-state index contributed by atoms with van der Waals surface area (Å²) in [5.74, 6) is -0.151. The number of thiazole rings is 1. The molecule has 29 heavy (non-hydrogen) atoms. The van der Waals surface area contributed by atoms with E-state index in [0.717, 1.165) is 42.8 Å². The molecule has 0 unspecified atom stereocenters. The fraction of sp³-hybridized carbons (Fsp3) is 0.500.